The Hall–Kier alpha value is -10.1. The molecule has 4 aromatic carbocycles. The lowest BCUT2D eigenvalue weighted by atomic mass is 9.87. The van der Waals surface area contributed by atoms with Gasteiger partial charge in [0, 0.05) is 37.4 Å². The molecule has 26 heteroatoms. The van der Waals surface area contributed by atoms with E-state index in [4.69, 9.17) is 66.7 Å². The van der Waals surface area contributed by atoms with Crippen LogP contribution in [0.4, 0.5) is 0 Å². The Kier molecular flexibility index (Phi) is 30.4. The predicted molar refractivity (Wildman–Crippen MR) is 362 cm³/mol. The highest BCUT2D eigenvalue weighted by molar-refractivity contribution is 6.39. The molecule has 6 rings (SSSR count). The third kappa shape index (κ3) is 23.2. The largest absolute Gasteiger partial charge is 0.496 e. The molecule has 0 bridgehead atoms. The fourth-order valence-electron chi connectivity index (χ4n) is 10.9. The minimum Gasteiger partial charge on any atom is -0.496 e. The zero-order valence-electron chi connectivity index (χ0n) is 59.4. The number of piperidine rings is 2. The number of Topliss-reactive ketones (excluding diaryl/α,β-unsaturated/α-hetero) is 2. The Balaban J connectivity index is 0.000000362. The number of ketones is 2. The van der Waals surface area contributed by atoms with Gasteiger partial charge in [-0.15, -0.1) is 0 Å². The van der Waals surface area contributed by atoms with Crippen molar-refractivity contribution in [3.05, 3.63) is 120 Å². The number of amides is 2. The number of rotatable bonds is 34. The third-order valence-electron chi connectivity index (χ3n) is 16.2. The average molecular weight is 1400 g/mol. The molecular formula is C74H94N2O24. The van der Waals surface area contributed by atoms with Crippen molar-refractivity contribution in [2.24, 2.45) is 10.8 Å². The molecule has 2 aliphatic heterocycles. The summed E-state index contributed by atoms with van der Waals surface area (Å²) in [4.78, 5) is 131. The van der Waals surface area contributed by atoms with Gasteiger partial charge in [0.05, 0.1) is 53.5 Å². The number of carboxylic acid groups (broad SMARTS) is 1. The summed E-state index contributed by atoms with van der Waals surface area (Å²) in [7, 11) is 9.13. The summed E-state index contributed by atoms with van der Waals surface area (Å²) in [6, 6.07) is 18.3. The summed E-state index contributed by atoms with van der Waals surface area (Å²) in [5.41, 5.74) is -0.765. The van der Waals surface area contributed by atoms with E-state index in [1.807, 2.05) is 0 Å². The Morgan fingerprint density at radius 3 is 1.23 bits per heavy atom. The number of aryl methyl sites for hydroxylation is 2. The van der Waals surface area contributed by atoms with Crippen molar-refractivity contribution in [1.29, 1.82) is 0 Å². The van der Waals surface area contributed by atoms with Crippen molar-refractivity contribution >= 4 is 59.2 Å². The van der Waals surface area contributed by atoms with Crippen LogP contribution >= 0.6 is 0 Å². The van der Waals surface area contributed by atoms with Gasteiger partial charge in [-0.1, -0.05) is 37.4 Å². The van der Waals surface area contributed by atoms with E-state index in [0.717, 1.165) is 23.3 Å². The summed E-state index contributed by atoms with van der Waals surface area (Å²) in [5, 5.41) is 9.07. The van der Waals surface area contributed by atoms with Gasteiger partial charge in [-0.05, 0) is 171 Å². The number of ether oxygens (including phenoxy) is 13. The molecule has 0 saturated carbocycles. The molecule has 2 heterocycles. The highest BCUT2D eigenvalue weighted by atomic mass is 16.6. The number of likely N-dealkylation sites (tertiary alicyclic amines) is 2. The minimum absolute atomic E-state index is 0.166. The molecule has 0 spiro atoms. The van der Waals surface area contributed by atoms with Crippen molar-refractivity contribution in [2.45, 2.75) is 143 Å². The van der Waals surface area contributed by atoms with Gasteiger partial charge >= 0.3 is 35.8 Å². The van der Waals surface area contributed by atoms with Crippen molar-refractivity contribution in [3.8, 4) is 46.0 Å². The second kappa shape index (κ2) is 37.7. The van der Waals surface area contributed by atoms with Gasteiger partial charge in [0.1, 0.15) is 66.1 Å². The Labute approximate surface area is 583 Å². The number of hydrogen-bond donors (Lipinski definition) is 1. The number of aliphatic carboxylic acids is 1. The number of esters is 5. The molecule has 1 N–H and O–H groups in total. The monoisotopic (exact) mass is 1390 g/mol. The van der Waals surface area contributed by atoms with Crippen LogP contribution in [0, 0.1) is 10.8 Å². The topological polar surface area (TPSA) is 317 Å². The maximum Gasteiger partial charge on any atom is 0.344 e. The zero-order valence-corrected chi connectivity index (χ0v) is 59.4. The van der Waals surface area contributed by atoms with Crippen LogP contribution in [0.1, 0.15) is 134 Å². The molecule has 2 fully saturated rings. The second-order valence-corrected chi connectivity index (χ2v) is 25.7. The molecule has 0 aromatic heterocycles. The maximum absolute atomic E-state index is 14.0. The lowest BCUT2D eigenvalue weighted by Crippen LogP contribution is -2.53. The lowest BCUT2D eigenvalue weighted by molar-refractivity contribution is -0.165. The molecule has 0 aliphatic carbocycles. The first-order chi connectivity index (χ1) is 47.4. The van der Waals surface area contributed by atoms with Crippen LogP contribution in [0.5, 0.6) is 46.0 Å². The lowest BCUT2D eigenvalue weighted by Gasteiger charge is -2.36. The van der Waals surface area contributed by atoms with Gasteiger partial charge in [-0.25, -0.2) is 28.8 Å². The number of carboxylic acids is 1. The SMILES string of the molecule is C=CC(=O)OCC(C)(C)C(=O)C(=O)N1CCCC[C@H]1C(=O)O[C@H](CCc1cc(OC)c(OC)cc1OC)c1cccc(OCC(=O)O)c1.C=CC(=O)OCC(C)(C)C(=O)C(=O)N1CCCC[C@H]1C(=O)O[C@H](CCc1cc(OC)c(OC)cc1OC)c1cccc(OCC(=O)OC(C)(C)C)c1. The number of benzene rings is 4. The summed E-state index contributed by atoms with van der Waals surface area (Å²) < 4.78 is 71.8. The van der Waals surface area contributed by atoms with Crippen LogP contribution in [0.3, 0.4) is 0 Å². The van der Waals surface area contributed by atoms with E-state index in [2.05, 4.69) is 13.2 Å². The van der Waals surface area contributed by atoms with Crippen LogP contribution in [0.25, 0.3) is 0 Å². The molecule has 2 saturated heterocycles. The van der Waals surface area contributed by atoms with Crippen LogP contribution < -0.4 is 37.9 Å². The fourth-order valence-corrected chi connectivity index (χ4v) is 10.9. The highest BCUT2D eigenvalue weighted by Gasteiger charge is 2.44. The van der Waals surface area contributed by atoms with E-state index in [9.17, 15) is 47.9 Å². The normalized spacial score (nSPS) is 15.1. The predicted octanol–water partition coefficient (Wildman–Crippen LogP) is 9.45. The molecule has 2 aliphatic rings. The fraction of sp³-hybridized carbons (Fsp3) is 0.486. The Morgan fingerprint density at radius 1 is 0.510 bits per heavy atom. The number of nitrogens with zero attached hydrogens (tertiary/aromatic N) is 2. The molecule has 0 radical (unpaired) electrons. The van der Waals surface area contributed by atoms with Crippen LogP contribution in [0.2, 0.25) is 0 Å². The first-order valence-electron chi connectivity index (χ1n) is 32.5. The van der Waals surface area contributed by atoms with Crippen molar-refractivity contribution in [1.82, 2.24) is 9.80 Å². The summed E-state index contributed by atoms with van der Waals surface area (Å²) in [6.07, 6.45) is 4.48. The second-order valence-electron chi connectivity index (χ2n) is 25.7. The van der Waals surface area contributed by atoms with E-state index >= 15 is 0 Å². The molecule has 26 nitrogen and oxygen atoms in total. The van der Waals surface area contributed by atoms with Crippen molar-refractivity contribution in [2.75, 3.05) is 82.2 Å². The summed E-state index contributed by atoms with van der Waals surface area (Å²) in [6.45, 7) is 16.7. The van der Waals surface area contributed by atoms with Gasteiger partial charge in [-0.2, -0.15) is 0 Å². The van der Waals surface area contributed by atoms with E-state index in [0.29, 0.717) is 96.3 Å². The van der Waals surface area contributed by atoms with E-state index in [1.54, 1.807) is 93.6 Å². The Bertz CT molecular complexity index is 3570. The van der Waals surface area contributed by atoms with E-state index in [-0.39, 0.29) is 57.9 Å². The standard InChI is InChI=1S/C39H51NO12.C35H43NO12/c1-10-33(41)50-24-39(5,6)35(43)36(44)40-19-12-11-16-28(40)37(45)51-29(18-17-26-21-31(47-8)32(48-9)22-30(26)46-7)25-14-13-15-27(20-25)49-23-34(42)52-38(2,3)4;1-7-31(39)47-21-35(2,3)32(40)33(41)36-16-9-8-13-25(36)34(42)48-26(22-11-10-12-24(17-22)46-20-30(37)38)15-14-23-18-28(44-5)29(45-6)19-27(23)43-4/h10,13-15,20-22,28-29H,1,11-12,16-19,23-24H2,2-9H3;7,10-12,17-19,25-26H,1,8-9,13-16,20-21H2,2-6H3,(H,37,38)/t28-,29+;25-,26+/m00/s1. The first-order valence-corrected chi connectivity index (χ1v) is 32.5. The summed E-state index contributed by atoms with van der Waals surface area (Å²) >= 11 is 0. The van der Waals surface area contributed by atoms with Crippen LogP contribution in [0.15, 0.2) is 98.1 Å². The quantitative estimate of drug-likeness (QED) is 0.0197. The van der Waals surface area contributed by atoms with Gasteiger partial charge < -0.3 is 76.5 Å². The minimum atomic E-state index is -1.35. The van der Waals surface area contributed by atoms with Gasteiger partial charge in [0.25, 0.3) is 11.8 Å². The number of carbonyl (C=O) groups is 10. The van der Waals surface area contributed by atoms with E-state index in [1.165, 1.54) is 80.2 Å². The van der Waals surface area contributed by atoms with Gasteiger partial charge in [-0.3, -0.25) is 19.2 Å². The zero-order chi connectivity index (χ0) is 74.1. The van der Waals surface area contributed by atoms with Crippen molar-refractivity contribution < 1.29 is 115 Å². The van der Waals surface area contributed by atoms with Crippen molar-refractivity contribution in [3.63, 3.8) is 0 Å². The molecule has 544 valence electrons. The number of carbonyl (C=O) groups excluding carboxylic acids is 9. The molecular weight excluding hydrogens is 1300 g/mol. The summed E-state index contributed by atoms with van der Waals surface area (Å²) in [5.74, 6) is -4.22. The van der Waals surface area contributed by atoms with Gasteiger partial charge in [0.15, 0.2) is 36.2 Å². The third-order valence-corrected chi connectivity index (χ3v) is 16.2. The Morgan fingerprint density at radius 2 is 0.880 bits per heavy atom. The number of methoxy groups -OCH3 is 6. The van der Waals surface area contributed by atoms with Crippen LogP contribution in [-0.2, 0) is 84.5 Å². The smallest absolute Gasteiger partial charge is 0.344 e. The first kappa shape index (κ1) is 80.5. The molecule has 4 aromatic rings. The van der Waals surface area contributed by atoms with Gasteiger partial charge in [0.2, 0.25) is 11.6 Å². The number of hydrogen-bond acceptors (Lipinski definition) is 23. The van der Waals surface area contributed by atoms with E-state index < -0.39 is 107 Å². The highest BCUT2D eigenvalue weighted by Crippen LogP contribution is 2.40. The molecule has 2 amide bonds. The molecule has 100 heavy (non-hydrogen) atoms. The molecule has 4 atom stereocenters. The molecule has 0 unspecified atom stereocenters. The van der Waals surface area contributed by atoms with Crippen LogP contribution in [-0.4, -0.2) is 174 Å². The average Bonchev–Trinajstić information content (AvgIpc) is 0.812. The maximum atomic E-state index is 14.0.